The van der Waals surface area contributed by atoms with Crippen molar-refractivity contribution < 1.29 is 15.0 Å². The van der Waals surface area contributed by atoms with E-state index in [0.717, 1.165) is 46.0 Å². The number of fused-ring (bicyclic) bond motifs is 1. The minimum absolute atomic E-state index is 0.0762. The number of rotatable bonds is 2. The molecule has 5 nitrogen and oxygen atoms in total. The first kappa shape index (κ1) is 14.0. The van der Waals surface area contributed by atoms with E-state index in [2.05, 4.69) is 21.4 Å². The van der Waals surface area contributed by atoms with Gasteiger partial charge in [0.05, 0.1) is 0 Å². The molecule has 0 saturated heterocycles. The molecule has 0 unspecified atom stereocenters. The van der Waals surface area contributed by atoms with Gasteiger partial charge in [-0.1, -0.05) is 15.9 Å². The zero-order valence-corrected chi connectivity index (χ0v) is 12.9. The van der Waals surface area contributed by atoms with Gasteiger partial charge in [-0.15, -0.1) is 0 Å². The molecule has 0 radical (unpaired) electrons. The number of hydrogen-bond acceptors (Lipinski definition) is 3. The van der Waals surface area contributed by atoms with E-state index >= 15 is 0 Å². The first-order valence-electron chi connectivity index (χ1n) is 6.79. The van der Waals surface area contributed by atoms with Crippen LogP contribution in [0.15, 0.2) is 28.7 Å². The first-order valence-corrected chi connectivity index (χ1v) is 7.58. The van der Waals surface area contributed by atoms with Gasteiger partial charge in [-0.25, -0.2) is 0 Å². The molecule has 21 heavy (non-hydrogen) atoms. The molecule has 0 bridgehead atoms. The van der Waals surface area contributed by atoms with Crippen LogP contribution in [-0.4, -0.2) is 20.8 Å². The first-order chi connectivity index (χ1) is 10.1. The molecule has 110 valence electrons. The van der Waals surface area contributed by atoms with Crippen molar-refractivity contribution in [3.8, 4) is 11.8 Å². The molecule has 0 spiro atoms. The second kappa shape index (κ2) is 5.44. The number of hydrogen-bond donors (Lipinski definition) is 3. The average molecular weight is 351 g/mol. The summed E-state index contributed by atoms with van der Waals surface area (Å²) in [6.07, 6.45) is 3.39. The van der Waals surface area contributed by atoms with Crippen molar-refractivity contribution in [1.29, 1.82) is 0 Å². The largest absolute Gasteiger partial charge is 0.493 e. The molecule has 1 amide bonds. The second-order valence-electron chi connectivity index (χ2n) is 5.09. The molecule has 0 saturated carbocycles. The van der Waals surface area contributed by atoms with Crippen LogP contribution >= 0.6 is 15.9 Å². The lowest BCUT2D eigenvalue weighted by atomic mass is 9.95. The van der Waals surface area contributed by atoms with Crippen molar-refractivity contribution in [2.24, 2.45) is 0 Å². The molecule has 0 fully saturated rings. The Morgan fingerprint density at radius 3 is 2.10 bits per heavy atom. The summed E-state index contributed by atoms with van der Waals surface area (Å²) >= 11 is 3.31. The maximum Gasteiger partial charge on any atom is 0.270 e. The molecule has 6 heteroatoms. The highest BCUT2D eigenvalue weighted by atomic mass is 79.9. The van der Waals surface area contributed by atoms with E-state index in [1.165, 1.54) is 0 Å². The van der Waals surface area contributed by atoms with Crippen LogP contribution in [0.1, 0.15) is 34.3 Å². The van der Waals surface area contributed by atoms with E-state index in [0.29, 0.717) is 5.56 Å². The summed E-state index contributed by atoms with van der Waals surface area (Å²) in [5, 5.41) is 20.4. The summed E-state index contributed by atoms with van der Waals surface area (Å²) in [6, 6.07) is 6.85. The molecule has 0 atom stereocenters. The molecule has 1 aromatic heterocycles. The molecule has 3 N–H and O–H groups in total. The van der Waals surface area contributed by atoms with Gasteiger partial charge in [0.1, 0.15) is 0 Å². The van der Waals surface area contributed by atoms with Crippen molar-refractivity contribution in [1.82, 2.24) is 4.68 Å². The molecule has 1 aromatic carbocycles. The van der Waals surface area contributed by atoms with E-state index in [1.54, 1.807) is 24.3 Å². The fourth-order valence-electron chi connectivity index (χ4n) is 2.64. The Bertz CT molecular complexity index is 662. The molecule has 2 aromatic rings. The normalized spacial score (nSPS) is 13.8. The molecule has 1 aliphatic carbocycles. The fourth-order valence-corrected chi connectivity index (χ4v) is 2.91. The summed E-state index contributed by atoms with van der Waals surface area (Å²) in [4.78, 5) is 12.2. The number of carbonyl (C=O) groups is 1. The highest BCUT2D eigenvalue weighted by Crippen LogP contribution is 2.37. The third-order valence-electron chi connectivity index (χ3n) is 3.75. The lowest BCUT2D eigenvalue weighted by molar-refractivity contribution is 0.100. The van der Waals surface area contributed by atoms with Crippen LogP contribution in [0.5, 0.6) is 11.8 Å². The minimum Gasteiger partial charge on any atom is -0.493 e. The van der Waals surface area contributed by atoms with E-state index in [4.69, 9.17) is 0 Å². The topological polar surface area (TPSA) is 74.5 Å². The number of nitrogens with zero attached hydrogens (tertiary/aromatic N) is 1. The van der Waals surface area contributed by atoms with Crippen molar-refractivity contribution in [3.05, 3.63) is 45.4 Å². The lowest BCUT2D eigenvalue weighted by Crippen LogP contribution is -2.22. The number of aromatic hydroxyl groups is 2. The second-order valence-corrected chi connectivity index (χ2v) is 6.01. The zero-order chi connectivity index (χ0) is 15.0. The van der Waals surface area contributed by atoms with Crippen molar-refractivity contribution in [3.63, 3.8) is 0 Å². The molecular weight excluding hydrogens is 336 g/mol. The monoisotopic (exact) mass is 350 g/mol. The Kier molecular flexibility index (Phi) is 3.63. The number of benzene rings is 1. The van der Waals surface area contributed by atoms with Gasteiger partial charge < -0.3 is 10.2 Å². The van der Waals surface area contributed by atoms with Gasteiger partial charge in [0.2, 0.25) is 11.8 Å². The van der Waals surface area contributed by atoms with Crippen LogP contribution in [-0.2, 0) is 12.8 Å². The molecule has 1 aliphatic rings. The highest BCUT2D eigenvalue weighted by Gasteiger charge is 2.25. The highest BCUT2D eigenvalue weighted by molar-refractivity contribution is 9.10. The van der Waals surface area contributed by atoms with Gasteiger partial charge in [0, 0.05) is 21.2 Å². The minimum atomic E-state index is -0.388. The van der Waals surface area contributed by atoms with Crippen molar-refractivity contribution in [2.75, 3.05) is 5.43 Å². The van der Waals surface area contributed by atoms with Gasteiger partial charge in [-0.2, -0.15) is 4.68 Å². The van der Waals surface area contributed by atoms with Gasteiger partial charge in [0.15, 0.2) is 0 Å². The van der Waals surface area contributed by atoms with Gasteiger partial charge in [0.25, 0.3) is 5.91 Å². The number of carbonyl (C=O) groups excluding carboxylic acids is 1. The molecule has 0 aliphatic heterocycles. The Hall–Kier alpha value is -1.95. The third-order valence-corrected chi connectivity index (χ3v) is 4.28. The standard InChI is InChI=1S/C15H15BrN2O3/c16-10-7-5-9(6-8-10)13(19)17-18-14(20)11-3-1-2-4-12(11)15(18)21/h5-8,20-21H,1-4H2,(H,17,19). The Balaban J connectivity index is 1.90. The maximum atomic E-state index is 12.2. The fraction of sp³-hybridized carbons (Fsp3) is 0.267. The number of amides is 1. The summed E-state index contributed by atoms with van der Waals surface area (Å²) in [7, 11) is 0. The Morgan fingerprint density at radius 2 is 1.57 bits per heavy atom. The number of halogens is 1. The SMILES string of the molecule is O=C(Nn1c(O)c2c(c1O)CCCC2)c1ccc(Br)cc1. The van der Waals surface area contributed by atoms with Crippen LogP contribution in [0.2, 0.25) is 0 Å². The van der Waals surface area contributed by atoms with Gasteiger partial charge in [-0.3, -0.25) is 10.2 Å². The van der Waals surface area contributed by atoms with Gasteiger partial charge in [-0.05, 0) is 49.9 Å². The van der Waals surface area contributed by atoms with Crippen LogP contribution < -0.4 is 5.43 Å². The Morgan fingerprint density at radius 1 is 1.05 bits per heavy atom. The van der Waals surface area contributed by atoms with E-state index in [9.17, 15) is 15.0 Å². The summed E-state index contributed by atoms with van der Waals surface area (Å²) < 4.78 is 1.95. The van der Waals surface area contributed by atoms with Crippen molar-refractivity contribution >= 4 is 21.8 Å². The van der Waals surface area contributed by atoms with E-state index in [-0.39, 0.29) is 17.7 Å². The summed E-state index contributed by atoms with van der Waals surface area (Å²) in [6.45, 7) is 0. The predicted octanol–water partition coefficient (Wildman–Crippen LogP) is 2.92. The average Bonchev–Trinajstić information content (AvgIpc) is 2.73. The van der Waals surface area contributed by atoms with Crippen LogP contribution in [0.3, 0.4) is 0 Å². The van der Waals surface area contributed by atoms with Crippen LogP contribution in [0, 0.1) is 0 Å². The number of nitrogens with one attached hydrogen (secondary N) is 1. The van der Waals surface area contributed by atoms with E-state index in [1.807, 2.05) is 0 Å². The molecular formula is C15H15BrN2O3. The molecule has 1 heterocycles. The Labute approximate surface area is 130 Å². The van der Waals surface area contributed by atoms with Crippen LogP contribution in [0.25, 0.3) is 0 Å². The van der Waals surface area contributed by atoms with E-state index < -0.39 is 0 Å². The van der Waals surface area contributed by atoms with Crippen LogP contribution in [0.4, 0.5) is 0 Å². The van der Waals surface area contributed by atoms with Crippen molar-refractivity contribution in [2.45, 2.75) is 25.7 Å². The number of aromatic nitrogens is 1. The predicted molar refractivity (Wildman–Crippen MR) is 82.2 cm³/mol. The zero-order valence-electron chi connectivity index (χ0n) is 11.3. The quantitative estimate of drug-likeness (QED) is 0.779. The third kappa shape index (κ3) is 2.51. The summed E-state index contributed by atoms with van der Waals surface area (Å²) in [5.41, 5.74) is 4.44. The summed E-state index contributed by atoms with van der Waals surface area (Å²) in [5.74, 6) is -0.541. The van der Waals surface area contributed by atoms with Gasteiger partial charge >= 0.3 is 0 Å². The maximum absolute atomic E-state index is 12.2. The lowest BCUT2D eigenvalue weighted by Gasteiger charge is -2.09. The smallest absolute Gasteiger partial charge is 0.270 e. The molecule has 3 rings (SSSR count).